The first kappa shape index (κ1) is 16.8. The van der Waals surface area contributed by atoms with Crippen LogP contribution >= 0.6 is 0 Å². The maximum Gasteiger partial charge on any atom is 0.191 e. The zero-order valence-corrected chi connectivity index (χ0v) is 14.3. The highest BCUT2D eigenvalue weighted by Gasteiger charge is 2.24. The van der Waals surface area contributed by atoms with E-state index in [0.29, 0.717) is 12.1 Å². The molecule has 0 aromatic heterocycles. The molecule has 0 spiro atoms. The lowest BCUT2D eigenvalue weighted by atomic mass is 10.0. The van der Waals surface area contributed by atoms with Crippen LogP contribution in [0.5, 0.6) is 0 Å². The molecule has 0 bridgehead atoms. The summed E-state index contributed by atoms with van der Waals surface area (Å²) in [6, 6.07) is 11.5. The molecular formula is C18H30N4. The van der Waals surface area contributed by atoms with Crippen molar-refractivity contribution < 1.29 is 0 Å². The molecule has 122 valence electrons. The molecule has 1 fully saturated rings. The fourth-order valence-electron chi connectivity index (χ4n) is 2.47. The minimum atomic E-state index is -0.0544. The molecular weight excluding hydrogens is 272 g/mol. The highest BCUT2D eigenvalue weighted by Crippen LogP contribution is 2.19. The third kappa shape index (κ3) is 5.68. The molecule has 0 heterocycles. The van der Waals surface area contributed by atoms with Crippen LogP contribution in [0, 0.1) is 0 Å². The number of hydrogen-bond donors (Lipinski definition) is 3. The maximum absolute atomic E-state index is 4.74. The van der Waals surface area contributed by atoms with Gasteiger partial charge in [-0.1, -0.05) is 30.3 Å². The SMILES string of the molecule is CCNC(=NCC(C)(C)NC(C)c1ccccc1)NC1CC1. The van der Waals surface area contributed by atoms with Gasteiger partial charge in [-0.05, 0) is 46.1 Å². The molecule has 1 aromatic rings. The molecule has 2 rings (SSSR count). The zero-order valence-electron chi connectivity index (χ0n) is 14.3. The van der Waals surface area contributed by atoms with Crippen molar-refractivity contribution in [2.75, 3.05) is 13.1 Å². The van der Waals surface area contributed by atoms with E-state index in [0.717, 1.165) is 19.0 Å². The smallest absolute Gasteiger partial charge is 0.191 e. The average molecular weight is 302 g/mol. The number of benzene rings is 1. The molecule has 1 saturated carbocycles. The van der Waals surface area contributed by atoms with E-state index in [2.05, 4.69) is 74.0 Å². The van der Waals surface area contributed by atoms with Crippen LogP contribution in [0.3, 0.4) is 0 Å². The Bertz CT molecular complexity index is 477. The summed E-state index contributed by atoms with van der Waals surface area (Å²) in [5.74, 6) is 0.937. The van der Waals surface area contributed by atoms with Gasteiger partial charge < -0.3 is 16.0 Å². The van der Waals surface area contributed by atoms with Crippen LogP contribution < -0.4 is 16.0 Å². The van der Waals surface area contributed by atoms with E-state index >= 15 is 0 Å². The monoisotopic (exact) mass is 302 g/mol. The van der Waals surface area contributed by atoms with Crippen molar-refractivity contribution in [2.45, 2.75) is 58.2 Å². The van der Waals surface area contributed by atoms with E-state index in [4.69, 9.17) is 4.99 Å². The third-order valence-corrected chi connectivity index (χ3v) is 3.80. The Labute approximate surface area is 134 Å². The van der Waals surface area contributed by atoms with Gasteiger partial charge in [0.1, 0.15) is 0 Å². The van der Waals surface area contributed by atoms with E-state index in [-0.39, 0.29) is 5.54 Å². The Balaban J connectivity index is 1.90. The van der Waals surface area contributed by atoms with Gasteiger partial charge in [-0.2, -0.15) is 0 Å². The summed E-state index contributed by atoms with van der Waals surface area (Å²) in [5, 5.41) is 10.5. The molecule has 0 amide bonds. The minimum Gasteiger partial charge on any atom is -0.357 e. The number of guanidine groups is 1. The molecule has 1 aliphatic rings. The van der Waals surface area contributed by atoms with Gasteiger partial charge in [0.05, 0.1) is 6.54 Å². The Morgan fingerprint density at radius 3 is 2.55 bits per heavy atom. The summed E-state index contributed by atoms with van der Waals surface area (Å²) >= 11 is 0. The standard InChI is InChI=1S/C18H30N4/c1-5-19-17(21-16-11-12-16)20-13-18(3,4)22-14(2)15-9-7-6-8-10-15/h6-10,14,16,22H,5,11-13H2,1-4H3,(H2,19,20,21). The highest BCUT2D eigenvalue weighted by atomic mass is 15.2. The van der Waals surface area contributed by atoms with Crippen LogP contribution in [0.25, 0.3) is 0 Å². The van der Waals surface area contributed by atoms with Gasteiger partial charge in [0, 0.05) is 24.2 Å². The molecule has 22 heavy (non-hydrogen) atoms. The molecule has 4 heteroatoms. The van der Waals surface area contributed by atoms with Crippen LogP contribution in [0.1, 0.15) is 52.1 Å². The number of nitrogens with zero attached hydrogens (tertiary/aromatic N) is 1. The van der Waals surface area contributed by atoms with Crippen LogP contribution in [0.4, 0.5) is 0 Å². The second kappa shape index (κ2) is 7.63. The van der Waals surface area contributed by atoms with Crippen LogP contribution in [-0.2, 0) is 0 Å². The van der Waals surface area contributed by atoms with Gasteiger partial charge in [0.25, 0.3) is 0 Å². The second-order valence-electron chi connectivity index (χ2n) is 6.77. The summed E-state index contributed by atoms with van der Waals surface area (Å²) in [7, 11) is 0. The average Bonchev–Trinajstić information content (AvgIpc) is 3.30. The summed E-state index contributed by atoms with van der Waals surface area (Å²) in [6.07, 6.45) is 2.52. The van der Waals surface area contributed by atoms with E-state index in [1.165, 1.54) is 18.4 Å². The molecule has 1 aromatic carbocycles. The van der Waals surface area contributed by atoms with E-state index in [1.807, 2.05) is 0 Å². The lowest BCUT2D eigenvalue weighted by molar-refractivity contribution is 0.356. The predicted octanol–water partition coefficient (Wildman–Crippen LogP) is 2.83. The molecule has 3 N–H and O–H groups in total. The molecule has 0 aliphatic heterocycles. The summed E-state index contributed by atoms with van der Waals surface area (Å²) in [6.45, 7) is 10.4. The maximum atomic E-state index is 4.74. The Morgan fingerprint density at radius 2 is 1.95 bits per heavy atom. The minimum absolute atomic E-state index is 0.0544. The fourth-order valence-corrected chi connectivity index (χ4v) is 2.47. The summed E-state index contributed by atoms with van der Waals surface area (Å²) in [4.78, 5) is 4.74. The molecule has 0 radical (unpaired) electrons. The highest BCUT2D eigenvalue weighted by molar-refractivity contribution is 5.80. The number of rotatable bonds is 7. The first-order valence-electron chi connectivity index (χ1n) is 8.37. The number of nitrogens with one attached hydrogen (secondary N) is 3. The zero-order chi connectivity index (χ0) is 16.0. The predicted molar refractivity (Wildman–Crippen MR) is 94.2 cm³/mol. The molecule has 1 atom stereocenters. The normalized spacial score (nSPS) is 17.2. The van der Waals surface area contributed by atoms with Crippen molar-refractivity contribution in [3.8, 4) is 0 Å². The molecule has 1 unspecified atom stereocenters. The molecule has 4 nitrogen and oxygen atoms in total. The topological polar surface area (TPSA) is 48.5 Å². The summed E-state index contributed by atoms with van der Waals surface area (Å²) < 4.78 is 0. The van der Waals surface area contributed by atoms with Crippen molar-refractivity contribution in [1.29, 1.82) is 0 Å². The lowest BCUT2D eigenvalue weighted by Crippen LogP contribution is -2.45. The van der Waals surface area contributed by atoms with Gasteiger partial charge in [-0.25, -0.2) is 0 Å². The molecule has 0 saturated heterocycles. The quantitative estimate of drug-likeness (QED) is 0.536. The van der Waals surface area contributed by atoms with Crippen molar-refractivity contribution in [3.05, 3.63) is 35.9 Å². The van der Waals surface area contributed by atoms with Gasteiger partial charge in [0.15, 0.2) is 5.96 Å². The van der Waals surface area contributed by atoms with Gasteiger partial charge >= 0.3 is 0 Å². The van der Waals surface area contributed by atoms with Gasteiger partial charge in [0.2, 0.25) is 0 Å². The second-order valence-corrected chi connectivity index (χ2v) is 6.77. The van der Waals surface area contributed by atoms with Crippen molar-refractivity contribution in [2.24, 2.45) is 4.99 Å². The Morgan fingerprint density at radius 1 is 1.27 bits per heavy atom. The molecule has 1 aliphatic carbocycles. The Hall–Kier alpha value is -1.55. The third-order valence-electron chi connectivity index (χ3n) is 3.80. The Kier molecular flexibility index (Phi) is 5.83. The first-order valence-corrected chi connectivity index (χ1v) is 8.37. The van der Waals surface area contributed by atoms with Crippen LogP contribution in [-0.4, -0.2) is 30.6 Å². The first-order chi connectivity index (χ1) is 10.5. The van der Waals surface area contributed by atoms with E-state index < -0.39 is 0 Å². The van der Waals surface area contributed by atoms with Gasteiger partial charge in [-0.3, -0.25) is 4.99 Å². The van der Waals surface area contributed by atoms with Crippen molar-refractivity contribution in [3.63, 3.8) is 0 Å². The van der Waals surface area contributed by atoms with Crippen LogP contribution in [0.15, 0.2) is 35.3 Å². The largest absolute Gasteiger partial charge is 0.357 e. The van der Waals surface area contributed by atoms with Gasteiger partial charge in [-0.15, -0.1) is 0 Å². The fraction of sp³-hybridized carbons (Fsp3) is 0.611. The lowest BCUT2D eigenvalue weighted by Gasteiger charge is -2.29. The van der Waals surface area contributed by atoms with Crippen molar-refractivity contribution in [1.82, 2.24) is 16.0 Å². The van der Waals surface area contributed by atoms with E-state index in [1.54, 1.807) is 0 Å². The van der Waals surface area contributed by atoms with Crippen LogP contribution in [0.2, 0.25) is 0 Å². The summed E-state index contributed by atoms with van der Waals surface area (Å²) in [5.41, 5.74) is 1.25. The van der Waals surface area contributed by atoms with E-state index in [9.17, 15) is 0 Å². The number of hydrogen-bond acceptors (Lipinski definition) is 2. The number of aliphatic imine (C=N–C) groups is 1. The van der Waals surface area contributed by atoms with Crippen molar-refractivity contribution >= 4 is 5.96 Å².